The highest BCUT2D eigenvalue weighted by Gasteiger charge is 2.49. The maximum absolute atomic E-state index is 13.2. The molecule has 168 valence electrons. The minimum absolute atomic E-state index is 0.217. The number of anilines is 2. The van der Waals surface area contributed by atoms with E-state index in [0.29, 0.717) is 34.5 Å². The lowest BCUT2D eigenvalue weighted by Crippen LogP contribution is -2.33. The van der Waals surface area contributed by atoms with Crippen LogP contribution < -0.4 is 11.1 Å². The zero-order valence-corrected chi connectivity index (χ0v) is 18.5. The van der Waals surface area contributed by atoms with Crippen molar-refractivity contribution in [2.75, 3.05) is 11.1 Å². The number of hydrogen-bond acceptors (Lipinski definition) is 8. The lowest BCUT2D eigenvalue weighted by Gasteiger charge is -2.19. The van der Waals surface area contributed by atoms with Crippen LogP contribution in [0, 0.1) is 5.92 Å². The normalized spacial score (nSPS) is 19.8. The zero-order chi connectivity index (χ0) is 22.7. The van der Waals surface area contributed by atoms with Crippen molar-refractivity contribution in [1.82, 2.24) is 39.7 Å². The number of aryl methyl sites for hydroxylation is 1. The van der Waals surface area contributed by atoms with Gasteiger partial charge in [-0.25, -0.2) is 19.6 Å². The number of carbonyl (C=O) groups excluding carboxylic acids is 1. The molecule has 1 amide bonds. The minimum atomic E-state index is -1.12. The molecule has 0 radical (unpaired) electrons. The summed E-state index contributed by atoms with van der Waals surface area (Å²) >= 11 is 0. The van der Waals surface area contributed by atoms with Gasteiger partial charge in [0.15, 0.2) is 11.5 Å². The second-order valence-corrected chi connectivity index (χ2v) is 8.95. The molecule has 1 unspecified atom stereocenters. The summed E-state index contributed by atoms with van der Waals surface area (Å²) in [5, 5.41) is 16.9. The largest absolute Gasteiger partial charge is 0.383 e. The van der Waals surface area contributed by atoms with Gasteiger partial charge in [-0.15, -0.1) is 5.10 Å². The van der Waals surface area contributed by atoms with E-state index in [9.17, 15) is 4.79 Å². The van der Waals surface area contributed by atoms with E-state index < -0.39 is 5.41 Å². The van der Waals surface area contributed by atoms with Crippen molar-refractivity contribution in [2.24, 2.45) is 5.92 Å². The summed E-state index contributed by atoms with van der Waals surface area (Å²) in [6.45, 7) is 5.40. The Balaban J connectivity index is 1.45. The van der Waals surface area contributed by atoms with Gasteiger partial charge in [-0.05, 0) is 44.2 Å². The Bertz CT molecular complexity index is 1400. The number of hydrogen-bond donors (Lipinski definition) is 2. The van der Waals surface area contributed by atoms with Gasteiger partial charge >= 0.3 is 0 Å². The Morgan fingerprint density at radius 2 is 2.15 bits per heavy atom. The van der Waals surface area contributed by atoms with Gasteiger partial charge in [-0.2, -0.15) is 5.10 Å². The highest BCUT2D eigenvalue weighted by Crippen LogP contribution is 2.44. The van der Waals surface area contributed by atoms with E-state index in [1.165, 1.54) is 12.8 Å². The average molecular weight is 445 g/mol. The molecule has 1 aliphatic heterocycles. The Labute approximate surface area is 189 Å². The second kappa shape index (κ2) is 7.06. The predicted molar refractivity (Wildman–Crippen MR) is 121 cm³/mol. The van der Waals surface area contributed by atoms with Gasteiger partial charge in [0.05, 0.1) is 10.9 Å². The van der Waals surface area contributed by atoms with Gasteiger partial charge in [0, 0.05) is 25.5 Å². The van der Waals surface area contributed by atoms with Crippen LogP contribution in [0.15, 0.2) is 24.5 Å². The second-order valence-electron chi connectivity index (χ2n) is 8.95. The van der Waals surface area contributed by atoms with Crippen LogP contribution in [-0.2, 0) is 23.3 Å². The van der Waals surface area contributed by atoms with Crippen LogP contribution in [0.5, 0.6) is 0 Å². The number of nitrogen functional groups attached to an aromatic ring is 1. The van der Waals surface area contributed by atoms with Crippen LogP contribution in [-0.4, -0.2) is 45.6 Å². The Morgan fingerprint density at radius 3 is 2.94 bits per heavy atom. The molecule has 1 atom stereocenters. The molecule has 2 aliphatic rings. The summed E-state index contributed by atoms with van der Waals surface area (Å²) in [4.78, 5) is 26.9. The Kier molecular flexibility index (Phi) is 4.23. The van der Waals surface area contributed by atoms with Crippen LogP contribution in [0.25, 0.3) is 22.6 Å². The van der Waals surface area contributed by atoms with Crippen molar-refractivity contribution in [3.63, 3.8) is 0 Å². The van der Waals surface area contributed by atoms with Gasteiger partial charge < -0.3 is 11.1 Å². The van der Waals surface area contributed by atoms with Gasteiger partial charge in [-0.3, -0.25) is 9.48 Å². The standard InChI is InChI=1S/C22H24N10O/c1-3-9-32-20-13(5-4-8-24-20)16(29-32)19-25-17(23)15-18(26-19)27-21(33)22(15,2)14-11-31(30-28-14)10-12-6-7-12/h4-5,8,11-12H,3,6-7,9-10H2,1-2H3,(H3,23,25,26,27,33). The SMILES string of the molecule is CCCn1nc(-c2nc(N)c3c(n2)NC(=O)C3(C)c2cn(CC3CC3)nn2)c2cccnc21. The number of nitrogens with one attached hydrogen (secondary N) is 1. The molecule has 11 heteroatoms. The fraction of sp³-hybridized carbons (Fsp3) is 0.409. The third kappa shape index (κ3) is 2.99. The van der Waals surface area contributed by atoms with Crippen LogP contribution in [0.1, 0.15) is 44.4 Å². The first-order valence-electron chi connectivity index (χ1n) is 11.2. The summed E-state index contributed by atoms with van der Waals surface area (Å²) in [6, 6.07) is 3.79. The minimum Gasteiger partial charge on any atom is -0.383 e. The molecule has 11 nitrogen and oxygen atoms in total. The van der Waals surface area contributed by atoms with E-state index in [4.69, 9.17) is 10.8 Å². The number of amides is 1. The smallest absolute Gasteiger partial charge is 0.242 e. The fourth-order valence-corrected chi connectivity index (χ4v) is 4.48. The molecule has 1 aliphatic carbocycles. The molecule has 5 heterocycles. The summed E-state index contributed by atoms with van der Waals surface area (Å²) in [7, 11) is 0. The van der Waals surface area contributed by atoms with E-state index in [1.807, 2.05) is 23.0 Å². The van der Waals surface area contributed by atoms with Crippen molar-refractivity contribution in [3.05, 3.63) is 35.8 Å². The van der Waals surface area contributed by atoms with Gasteiger partial charge in [0.25, 0.3) is 0 Å². The van der Waals surface area contributed by atoms with Crippen molar-refractivity contribution < 1.29 is 4.79 Å². The van der Waals surface area contributed by atoms with E-state index in [0.717, 1.165) is 30.5 Å². The third-order valence-electron chi connectivity index (χ3n) is 6.47. The fourth-order valence-electron chi connectivity index (χ4n) is 4.48. The predicted octanol–water partition coefficient (Wildman–Crippen LogP) is 2.14. The summed E-state index contributed by atoms with van der Waals surface area (Å²) < 4.78 is 3.65. The van der Waals surface area contributed by atoms with E-state index in [-0.39, 0.29) is 11.7 Å². The van der Waals surface area contributed by atoms with E-state index in [2.05, 4.69) is 37.5 Å². The molecule has 1 fully saturated rings. The van der Waals surface area contributed by atoms with Crippen LogP contribution in [0.3, 0.4) is 0 Å². The van der Waals surface area contributed by atoms with Crippen molar-refractivity contribution in [2.45, 2.75) is 51.6 Å². The molecule has 4 aromatic heterocycles. The van der Waals surface area contributed by atoms with Crippen molar-refractivity contribution >= 4 is 28.6 Å². The van der Waals surface area contributed by atoms with Crippen LogP contribution in [0.4, 0.5) is 11.6 Å². The average Bonchev–Trinajstić information content (AvgIpc) is 3.24. The third-order valence-corrected chi connectivity index (χ3v) is 6.47. The quantitative estimate of drug-likeness (QED) is 0.460. The number of nitrogens with two attached hydrogens (primary N) is 1. The Morgan fingerprint density at radius 1 is 1.30 bits per heavy atom. The van der Waals surface area contributed by atoms with Crippen LogP contribution in [0.2, 0.25) is 0 Å². The lowest BCUT2D eigenvalue weighted by molar-refractivity contribution is -0.119. The molecule has 4 aromatic rings. The molecular weight excluding hydrogens is 420 g/mol. The number of nitrogens with zero attached hydrogens (tertiary/aromatic N) is 8. The van der Waals surface area contributed by atoms with E-state index in [1.54, 1.807) is 17.8 Å². The lowest BCUT2D eigenvalue weighted by atomic mass is 9.81. The number of aromatic nitrogens is 8. The molecule has 33 heavy (non-hydrogen) atoms. The number of pyridine rings is 1. The van der Waals surface area contributed by atoms with Crippen molar-refractivity contribution in [3.8, 4) is 11.5 Å². The highest BCUT2D eigenvalue weighted by molar-refractivity contribution is 6.09. The maximum Gasteiger partial charge on any atom is 0.242 e. The summed E-state index contributed by atoms with van der Waals surface area (Å²) in [5.41, 5.74) is 7.72. The number of rotatable bonds is 6. The molecule has 6 rings (SSSR count). The van der Waals surface area contributed by atoms with Crippen LogP contribution >= 0.6 is 0 Å². The highest BCUT2D eigenvalue weighted by atomic mass is 16.2. The molecule has 0 bridgehead atoms. The monoisotopic (exact) mass is 444 g/mol. The van der Waals surface area contributed by atoms with E-state index >= 15 is 0 Å². The van der Waals surface area contributed by atoms with Gasteiger partial charge in [-0.1, -0.05) is 12.1 Å². The summed E-state index contributed by atoms with van der Waals surface area (Å²) in [6.07, 6.45) is 6.89. The first-order valence-corrected chi connectivity index (χ1v) is 11.2. The molecular formula is C22H24N10O. The topological polar surface area (TPSA) is 142 Å². The molecule has 0 aromatic carbocycles. The number of carbonyl (C=O) groups is 1. The van der Waals surface area contributed by atoms with Gasteiger partial charge in [0.2, 0.25) is 5.91 Å². The molecule has 3 N–H and O–H groups in total. The summed E-state index contributed by atoms with van der Waals surface area (Å²) in [5.74, 6) is 1.33. The Hall–Kier alpha value is -3.89. The molecule has 0 spiro atoms. The molecule has 1 saturated carbocycles. The van der Waals surface area contributed by atoms with Gasteiger partial charge in [0.1, 0.15) is 28.4 Å². The van der Waals surface area contributed by atoms with Crippen molar-refractivity contribution in [1.29, 1.82) is 0 Å². The first-order chi connectivity index (χ1) is 16.0. The zero-order valence-electron chi connectivity index (χ0n) is 18.5. The molecule has 0 saturated heterocycles. The first kappa shape index (κ1) is 19.8. The number of fused-ring (bicyclic) bond motifs is 2. The maximum atomic E-state index is 13.2.